The van der Waals surface area contributed by atoms with Gasteiger partial charge in [-0.15, -0.1) is 0 Å². The van der Waals surface area contributed by atoms with E-state index in [4.69, 9.17) is 9.47 Å². The number of carbonyl (C=O) groups is 1. The van der Waals surface area contributed by atoms with E-state index in [1.807, 2.05) is 26.0 Å². The summed E-state index contributed by atoms with van der Waals surface area (Å²) in [5.41, 5.74) is 1.34. The van der Waals surface area contributed by atoms with Gasteiger partial charge < -0.3 is 14.8 Å². The van der Waals surface area contributed by atoms with Crippen molar-refractivity contribution in [2.45, 2.75) is 26.4 Å². The van der Waals surface area contributed by atoms with Gasteiger partial charge in [-0.1, -0.05) is 6.92 Å². The molecule has 3 rings (SSSR count). The number of aliphatic imine (C=N–C) groups is 1. The van der Waals surface area contributed by atoms with Crippen LogP contribution in [0.15, 0.2) is 50.8 Å². The molecule has 0 radical (unpaired) electrons. The minimum Gasteiger partial charge on any atom is -0.493 e. The molecule has 0 aliphatic carbocycles. The average Bonchev–Trinajstić information content (AvgIpc) is 3.04. The maximum atomic E-state index is 13.0. The lowest BCUT2D eigenvalue weighted by molar-refractivity contribution is -0.115. The van der Waals surface area contributed by atoms with Gasteiger partial charge in [0.05, 0.1) is 28.3 Å². The molecule has 0 saturated carbocycles. The Balaban J connectivity index is 1.85. The number of carbonyl (C=O) groups excluding carboxylic acids is 1. The topological polar surface area (TPSA) is 59.9 Å². The van der Waals surface area contributed by atoms with Gasteiger partial charge in [0.1, 0.15) is 5.82 Å². The number of thioether (sulfide) groups is 1. The predicted octanol–water partition coefficient (Wildman–Crippen LogP) is 5.67. The van der Waals surface area contributed by atoms with Gasteiger partial charge in [-0.25, -0.2) is 9.38 Å². The first kappa shape index (κ1) is 21.4. The first-order valence-electron chi connectivity index (χ1n) is 8.99. The van der Waals surface area contributed by atoms with Gasteiger partial charge in [0.15, 0.2) is 16.7 Å². The summed E-state index contributed by atoms with van der Waals surface area (Å²) in [6.07, 6.45) is 2.67. The van der Waals surface area contributed by atoms with Crippen LogP contribution in [-0.2, 0) is 4.79 Å². The van der Waals surface area contributed by atoms with E-state index < -0.39 is 0 Å². The quantitative estimate of drug-likeness (QED) is 0.543. The molecule has 8 heteroatoms. The molecule has 0 unspecified atom stereocenters. The van der Waals surface area contributed by atoms with Gasteiger partial charge in [-0.2, -0.15) is 0 Å². The minimum absolute atomic E-state index is 0.0470. The minimum atomic E-state index is -0.335. The van der Waals surface area contributed by atoms with Crippen molar-refractivity contribution in [3.8, 4) is 11.5 Å². The van der Waals surface area contributed by atoms with E-state index in [1.54, 1.807) is 25.3 Å². The van der Waals surface area contributed by atoms with Crippen LogP contribution in [0.25, 0.3) is 6.08 Å². The van der Waals surface area contributed by atoms with E-state index in [1.165, 1.54) is 23.9 Å². The smallest absolute Gasteiger partial charge is 0.264 e. The third-order valence-electron chi connectivity index (χ3n) is 4.15. The maximum absolute atomic E-state index is 13.0. The maximum Gasteiger partial charge on any atom is 0.264 e. The molecule has 1 amide bonds. The van der Waals surface area contributed by atoms with E-state index >= 15 is 0 Å². The normalized spacial score (nSPS) is 17.5. The summed E-state index contributed by atoms with van der Waals surface area (Å²) in [4.78, 5) is 17.1. The van der Waals surface area contributed by atoms with Crippen LogP contribution in [0.3, 0.4) is 0 Å². The second-order valence-corrected chi connectivity index (χ2v) is 8.21. The number of nitrogens with one attached hydrogen (secondary N) is 1. The molecule has 1 aliphatic rings. The Morgan fingerprint density at radius 3 is 2.69 bits per heavy atom. The Labute approximate surface area is 181 Å². The number of halogens is 2. The third kappa shape index (κ3) is 5.39. The predicted molar refractivity (Wildman–Crippen MR) is 118 cm³/mol. The van der Waals surface area contributed by atoms with Crippen molar-refractivity contribution >= 4 is 50.5 Å². The van der Waals surface area contributed by atoms with Gasteiger partial charge in [-0.05, 0) is 89.1 Å². The number of hydrogen-bond donors (Lipinski definition) is 1. The Hall–Kier alpha value is -2.32. The lowest BCUT2D eigenvalue weighted by atomic mass is 10.1. The second kappa shape index (κ2) is 9.45. The molecule has 1 atom stereocenters. The average molecular weight is 479 g/mol. The van der Waals surface area contributed by atoms with Crippen LogP contribution in [0, 0.1) is 5.82 Å². The number of benzene rings is 2. The van der Waals surface area contributed by atoms with Crippen molar-refractivity contribution in [1.29, 1.82) is 0 Å². The van der Waals surface area contributed by atoms with Crippen LogP contribution in [-0.4, -0.2) is 24.3 Å². The molecule has 1 fully saturated rings. The molecule has 152 valence electrons. The summed E-state index contributed by atoms with van der Waals surface area (Å²) in [5.74, 6) is 0.630. The second-order valence-electron chi connectivity index (χ2n) is 6.33. The zero-order chi connectivity index (χ0) is 21.0. The van der Waals surface area contributed by atoms with Crippen LogP contribution >= 0.6 is 27.7 Å². The SMILES string of the molecule is CC[C@@H](C)Oc1c(Br)cc(/C=C2/SC(=Nc3ccc(F)cc3)NC2=O)cc1OC. The van der Waals surface area contributed by atoms with E-state index in [0.29, 0.717) is 27.3 Å². The van der Waals surface area contributed by atoms with Crippen molar-refractivity contribution in [3.05, 3.63) is 57.2 Å². The molecular formula is C21H20BrFN2O3S. The summed E-state index contributed by atoms with van der Waals surface area (Å²) in [6.45, 7) is 4.04. The van der Waals surface area contributed by atoms with Crippen LogP contribution in [0.2, 0.25) is 0 Å². The molecule has 2 aromatic rings. The van der Waals surface area contributed by atoms with Gasteiger partial charge in [0.2, 0.25) is 0 Å². The van der Waals surface area contributed by atoms with Crippen molar-refractivity contribution in [2.75, 3.05) is 7.11 Å². The van der Waals surface area contributed by atoms with Gasteiger partial charge >= 0.3 is 0 Å². The molecule has 0 spiro atoms. The number of hydrogen-bond acceptors (Lipinski definition) is 5. The number of amides is 1. The Bertz CT molecular complexity index is 977. The van der Waals surface area contributed by atoms with Gasteiger partial charge in [0.25, 0.3) is 5.91 Å². The molecule has 1 saturated heterocycles. The van der Waals surface area contributed by atoms with Crippen molar-refractivity contribution < 1.29 is 18.7 Å². The highest BCUT2D eigenvalue weighted by Gasteiger charge is 2.24. The molecule has 29 heavy (non-hydrogen) atoms. The molecule has 2 aromatic carbocycles. The molecule has 1 N–H and O–H groups in total. The lowest BCUT2D eigenvalue weighted by Gasteiger charge is -2.17. The van der Waals surface area contributed by atoms with E-state index in [9.17, 15) is 9.18 Å². The highest BCUT2D eigenvalue weighted by molar-refractivity contribution is 9.10. The molecule has 0 bridgehead atoms. The zero-order valence-corrected chi connectivity index (χ0v) is 18.6. The summed E-state index contributed by atoms with van der Waals surface area (Å²) in [7, 11) is 1.58. The number of amidine groups is 1. The number of ether oxygens (including phenoxy) is 2. The van der Waals surface area contributed by atoms with Crippen LogP contribution in [0.1, 0.15) is 25.8 Å². The Morgan fingerprint density at radius 1 is 1.31 bits per heavy atom. The summed E-state index contributed by atoms with van der Waals surface area (Å²) >= 11 is 4.75. The highest BCUT2D eigenvalue weighted by atomic mass is 79.9. The number of rotatable bonds is 6. The first-order valence-corrected chi connectivity index (χ1v) is 10.6. The van der Waals surface area contributed by atoms with Crippen molar-refractivity contribution in [1.82, 2.24) is 5.32 Å². The fourth-order valence-corrected chi connectivity index (χ4v) is 3.88. The standard InChI is InChI=1S/C21H20BrFN2O3S/c1-4-12(2)28-19-16(22)9-13(10-17(19)27-3)11-18-20(26)25-21(29-18)24-15-7-5-14(23)6-8-15/h5-12H,4H2,1-3H3,(H,24,25,26)/b18-11+/t12-/m1/s1. The van der Waals surface area contributed by atoms with E-state index in [-0.39, 0.29) is 17.8 Å². The summed E-state index contributed by atoms with van der Waals surface area (Å²) in [5, 5.41) is 3.16. The first-order chi connectivity index (χ1) is 13.9. The Kier molecular flexibility index (Phi) is 6.97. The molecular weight excluding hydrogens is 459 g/mol. The van der Waals surface area contributed by atoms with Crippen molar-refractivity contribution in [3.63, 3.8) is 0 Å². The van der Waals surface area contributed by atoms with Crippen molar-refractivity contribution in [2.24, 2.45) is 4.99 Å². The van der Waals surface area contributed by atoms with E-state index in [0.717, 1.165) is 16.5 Å². The number of nitrogens with zero attached hydrogens (tertiary/aromatic N) is 1. The van der Waals surface area contributed by atoms with Crippen LogP contribution in [0.4, 0.5) is 10.1 Å². The molecule has 5 nitrogen and oxygen atoms in total. The van der Waals surface area contributed by atoms with E-state index in [2.05, 4.69) is 26.2 Å². The summed E-state index contributed by atoms with van der Waals surface area (Å²) < 4.78 is 25.2. The fourth-order valence-electron chi connectivity index (χ4n) is 2.49. The number of methoxy groups -OCH3 is 1. The van der Waals surface area contributed by atoms with Crippen LogP contribution < -0.4 is 14.8 Å². The van der Waals surface area contributed by atoms with Gasteiger partial charge in [0, 0.05) is 0 Å². The lowest BCUT2D eigenvalue weighted by Crippen LogP contribution is -2.19. The molecule has 1 heterocycles. The molecule has 0 aromatic heterocycles. The monoisotopic (exact) mass is 478 g/mol. The fraction of sp³-hybridized carbons (Fsp3) is 0.238. The largest absolute Gasteiger partial charge is 0.493 e. The molecule has 1 aliphatic heterocycles. The van der Waals surface area contributed by atoms with Crippen LogP contribution in [0.5, 0.6) is 11.5 Å². The third-order valence-corrected chi connectivity index (χ3v) is 5.65. The van der Waals surface area contributed by atoms with Gasteiger partial charge in [-0.3, -0.25) is 4.79 Å². The highest BCUT2D eigenvalue weighted by Crippen LogP contribution is 2.39. The zero-order valence-electron chi connectivity index (χ0n) is 16.2. The summed E-state index contributed by atoms with van der Waals surface area (Å²) in [6, 6.07) is 9.44. The Morgan fingerprint density at radius 2 is 2.03 bits per heavy atom.